The van der Waals surface area contributed by atoms with Crippen molar-refractivity contribution in [3.05, 3.63) is 47.9 Å². The summed E-state index contributed by atoms with van der Waals surface area (Å²) >= 11 is 0. The summed E-state index contributed by atoms with van der Waals surface area (Å²) < 4.78 is 15.8. The standard InChI is InChI=1S/C20H24N2O5/c1-4-22(11-14-7-8-15-17(10-14)27-12-26-15)20(24)18(13(2)3)21-19(23)16-6-5-9-25-16/h5-10,13,18H,4,11-12H2,1-3H3,(H,21,23). The second-order valence-electron chi connectivity index (χ2n) is 6.71. The largest absolute Gasteiger partial charge is 0.459 e. The summed E-state index contributed by atoms with van der Waals surface area (Å²) in [5, 5.41) is 2.79. The third-order valence-corrected chi connectivity index (χ3v) is 4.47. The molecule has 1 aliphatic heterocycles. The van der Waals surface area contributed by atoms with Gasteiger partial charge in [-0.25, -0.2) is 0 Å². The molecule has 1 aromatic carbocycles. The molecule has 0 saturated heterocycles. The number of carbonyl (C=O) groups excluding carboxylic acids is 2. The summed E-state index contributed by atoms with van der Waals surface area (Å²) in [6.07, 6.45) is 1.43. The summed E-state index contributed by atoms with van der Waals surface area (Å²) in [5.74, 6) is 0.979. The topological polar surface area (TPSA) is 81.0 Å². The highest BCUT2D eigenvalue weighted by Crippen LogP contribution is 2.32. The molecule has 2 amide bonds. The molecule has 1 unspecified atom stereocenters. The molecular weight excluding hydrogens is 348 g/mol. The zero-order chi connectivity index (χ0) is 19.4. The van der Waals surface area contributed by atoms with Gasteiger partial charge >= 0.3 is 0 Å². The quantitative estimate of drug-likeness (QED) is 0.808. The zero-order valence-corrected chi connectivity index (χ0v) is 15.7. The monoisotopic (exact) mass is 372 g/mol. The average molecular weight is 372 g/mol. The Hall–Kier alpha value is -2.96. The highest BCUT2D eigenvalue weighted by atomic mass is 16.7. The maximum absolute atomic E-state index is 13.1. The Morgan fingerprint density at radius 3 is 2.63 bits per heavy atom. The minimum absolute atomic E-state index is 0.0674. The molecule has 0 saturated carbocycles. The van der Waals surface area contributed by atoms with Crippen LogP contribution in [0.5, 0.6) is 11.5 Å². The number of nitrogens with zero attached hydrogens (tertiary/aromatic N) is 1. The number of amides is 2. The lowest BCUT2D eigenvalue weighted by Gasteiger charge is -2.29. The second-order valence-corrected chi connectivity index (χ2v) is 6.71. The van der Waals surface area contributed by atoms with Crippen LogP contribution in [0.25, 0.3) is 0 Å². The molecule has 1 aliphatic rings. The number of rotatable bonds is 7. The van der Waals surface area contributed by atoms with Crippen LogP contribution in [0.1, 0.15) is 36.9 Å². The number of nitrogens with one attached hydrogen (secondary N) is 1. The summed E-state index contributed by atoms with van der Waals surface area (Å²) in [4.78, 5) is 27.1. The Balaban J connectivity index is 1.71. The number of fused-ring (bicyclic) bond motifs is 1. The molecule has 1 atom stereocenters. The van der Waals surface area contributed by atoms with E-state index >= 15 is 0 Å². The van der Waals surface area contributed by atoms with Gasteiger partial charge in [0.25, 0.3) is 5.91 Å². The molecule has 27 heavy (non-hydrogen) atoms. The SMILES string of the molecule is CCN(Cc1ccc2c(c1)OCO2)C(=O)C(NC(=O)c1ccco1)C(C)C. The molecule has 1 N–H and O–H groups in total. The van der Waals surface area contributed by atoms with Crippen LogP contribution in [0.3, 0.4) is 0 Å². The van der Waals surface area contributed by atoms with E-state index in [1.165, 1.54) is 6.26 Å². The first-order valence-electron chi connectivity index (χ1n) is 9.01. The highest BCUT2D eigenvalue weighted by molar-refractivity contribution is 5.95. The third kappa shape index (κ3) is 4.24. The fraction of sp³-hybridized carbons (Fsp3) is 0.400. The predicted molar refractivity (Wildman–Crippen MR) is 98.5 cm³/mol. The van der Waals surface area contributed by atoms with E-state index in [9.17, 15) is 9.59 Å². The maximum atomic E-state index is 13.1. The number of carbonyl (C=O) groups is 2. The van der Waals surface area contributed by atoms with Gasteiger partial charge in [-0.2, -0.15) is 0 Å². The van der Waals surface area contributed by atoms with Crippen LogP contribution in [0.4, 0.5) is 0 Å². The summed E-state index contributed by atoms with van der Waals surface area (Å²) in [7, 11) is 0. The molecule has 144 valence electrons. The molecule has 0 radical (unpaired) electrons. The second kappa shape index (κ2) is 8.16. The van der Waals surface area contributed by atoms with Gasteiger partial charge in [0.1, 0.15) is 6.04 Å². The summed E-state index contributed by atoms with van der Waals surface area (Å²) in [6, 6.07) is 8.20. The number of furan rings is 1. The molecule has 0 aliphatic carbocycles. The average Bonchev–Trinajstić information content (AvgIpc) is 3.34. The van der Waals surface area contributed by atoms with Crippen molar-refractivity contribution in [2.24, 2.45) is 5.92 Å². The van der Waals surface area contributed by atoms with Gasteiger partial charge < -0.3 is 24.1 Å². The van der Waals surface area contributed by atoms with Gasteiger partial charge in [0.05, 0.1) is 6.26 Å². The molecule has 0 bridgehead atoms. The van der Waals surface area contributed by atoms with Crippen LogP contribution in [0.2, 0.25) is 0 Å². The van der Waals surface area contributed by atoms with Gasteiger partial charge in [-0.3, -0.25) is 9.59 Å². The molecule has 1 aromatic heterocycles. The van der Waals surface area contributed by atoms with E-state index in [2.05, 4.69) is 5.32 Å². The van der Waals surface area contributed by atoms with E-state index in [0.717, 1.165) is 5.56 Å². The van der Waals surface area contributed by atoms with Gasteiger partial charge in [0.15, 0.2) is 17.3 Å². The van der Waals surface area contributed by atoms with Crippen LogP contribution in [-0.4, -0.2) is 36.1 Å². The van der Waals surface area contributed by atoms with Crippen LogP contribution >= 0.6 is 0 Å². The first kappa shape index (κ1) is 18.8. The number of hydrogen-bond donors (Lipinski definition) is 1. The van der Waals surface area contributed by atoms with Crippen LogP contribution in [0.15, 0.2) is 41.0 Å². The molecule has 2 heterocycles. The van der Waals surface area contributed by atoms with Gasteiger partial charge in [0.2, 0.25) is 12.7 Å². The van der Waals surface area contributed by atoms with Crippen LogP contribution in [-0.2, 0) is 11.3 Å². The first-order chi connectivity index (χ1) is 13.0. The number of likely N-dealkylation sites (N-methyl/N-ethyl adjacent to an activating group) is 1. The fourth-order valence-electron chi connectivity index (χ4n) is 2.94. The Bertz CT molecular complexity index is 801. The van der Waals surface area contributed by atoms with E-state index < -0.39 is 11.9 Å². The van der Waals surface area contributed by atoms with Crippen molar-refractivity contribution in [1.29, 1.82) is 0 Å². The highest BCUT2D eigenvalue weighted by Gasteiger charge is 2.29. The summed E-state index contributed by atoms with van der Waals surface area (Å²) in [5.41, 5.74) is 0.939. The molecule has 7 heteroatoms. The van der Waals surface area contributed by atoms with Gasteiger partial charge in [-0.05, 0) is 42.7 Å². The molecule has 0 fully saturated rings. The van der Waals surface area contributed by atoms with Gasteiger partial charge in [-0.15, -0.1) is 0 Å². The fourth-order valence-corrected chi connectivity index (χ4v) is 2.94. The lowest BCUT2D eigenvalue weighted by atomic mass is 10.0. The van der Waals surface area contributed by atoms with Crippen LogP contribution < -0.4 is 14.8 Å². The van der Waals surface area contributed by atoms with Crippen molar-refractivity contribution < 1.29 is 23.5 Å². The van der Waals surface area contributed by atoms with E-state index in [1.807, 2.05) is 39.0 Å². The number of hydrogen-bond acceptors (Lipinski definition) is 5. The maximum Gasteiger partial charge on any atom is 0.287 e. The molecular formula is C20H24N2O5. The van der Waals surface area contributed by atoms with Crippen molar-refractivity contribution >= 4 is 11.8 Å². The van der Waals surface area contributed by atoms with Crippen molar-refractivity contribution in [2.45, 2.75) is 33.4 Å². The third-order valence-electron chi connectivity index (χ3n) is 4.47. The van der Waals surface area contributed by atoms with E-state index in [-0.39, 0.29) is 24.4 Å². The van der Waals surface area contributed by atoms with Crippen molar-refractivity contribution in [3.8, 4) is 11.5 Å². The number of ether oxygens (including phenoxy) is 2. The minimum Gasteiger partial charge on any atom is -0.459 e. The van der Waals surface area contributed by atoms with Crippen molar-refractivity contribution in [1.82, 2.24) is 10.2 Å². The summed E-state index contributed by atoms with van der Waals surface area (Å²) in [6.45, 7) is 6.87. The smallest absolute Gasteiger partial charge is 0.287 e. The lowest BCUT2D eigenvalue weighted by Crippen LogP contribution is -2.51. The van der Waals surface area contributed by atoms with Crippen molar-refractivity contribution in [3.63, 3.8) is 0 Å². The lowest BCUT2D eigenvalue weighted by molar-refractivity contribution is -0.134. The Kier molecular flexibility index (Phi) is 5.69. The normalized spacial score (nSPS) is 13.5. The minimum atomic E-state index is -0.642. The van der Waals surface area contributed by atoms with E-state index in [1.54, 1.807) is 17.0 Å². The molecule has 7 nitrogen and oxygen atoms in total. The predicted octanol–water partition coefficient (Wildman–Crippen LogP) is 2.81. The van der Waals surface area contributed by atoms with Crippen LogP contribution in [0, 0.1) is 5.92 Å². The van der Waals surface area contributed by atoms with Gasteiger partial charge in [-0.1, -0.05) is 19.9 Å². The first-order valence-corrected chi connectivity index (χ1v) is 9.01. The van der Waals surface area contributed by atoms with E-state index in [4.69, 9.17) is 13.9 Å². The van der Waals surface area contributed by atoms with Crippen molar-refractivity contribution in [2.75, 3.05) is 13.3 Å². The molecule has 3 rings (SSSR count). The zero-order valence-electron chi connectivity index (χ0n) is 15.7. The molecule has 0 spiro atoms. The Labute approximate surface area is 158 Å². The van der Waals surface area contributed by atoms with Gasteiger partial charge in [0, 0.05) is 13.1 Å². The Morgan fingerprint density at radius 1 is 1.19 bits per heavy atom. The van der Waals surface area contributed by atoms with E-state index in [0.29, 0.717) is 24.6 Å². The molecule has 2 aromatic rings. The Morgan fingerprint density at radius 2 is 1.96 bits per heavy atom. The number of benzene rings is 1.